The zero-order valence-electron chi connectivity index (χ0n) is 13.9. The molecule has 1 aromatic rings. The minimum Gasteiger partial charge on any atom is -0.403 e. The molecule has 3 rings (SSSR count). The van der Waals surface area contributed by atoms with E-state index in [2.05, 4.69) is 64.1 Å². The first-order chi connectivity index (χ1) is 10.4. The summed E-state index contributed by atoms with van der Waals surface area (Å²) >= 11 is 0. The number of hydrogen-bond donors (Lipinski definition) is 0. The van der Waals surface area contributed by atoms with Crippen LogP contribution in [-0.2, 0) is 15.7 Å². The monoisotopic (exact) mass is 297 g/mol. The summed E-state index contributed by atoms with van der Waals surface area (Å²) in [7, 11) is -0.205. The average Bonchev–Trinajstić information content (AvgIpc) is 2.69. The summed E-state index contributed by atoms with van der Waals surface area (Å²) in [6, 6.07) is 10.4. The van der Waals surface area contributed by atoms with Gasteiger partial charge in [-0.1, -0.05) is 36.4 Å². The molecule has 4 heteroatoms. The van der Waals surface area contributed by atoms with Gasteiger partial charge in [-0.3, -0.25) is 4.99 Å². The van der Waals surface area contributed by atoms with Crippen LogP contribution in [0.25, 0.3) is 0 Å². The molecule has 116 valence electrons. The third-order valence-corrected chi connectivity index (χ3v) is 4.89. The van der Waals surface area contributed by atoms with Crippen LogP contribution in [0.15, 0.2) is 47.5 Å². The second kappa shape index (κ2) is 5.67. The van der Waals surface area contributed by atoms with Crippen molar-refractivity contribution in [2.45, 2.75) is 51.1 Å². The lowest BCUT2D eigenvalue weighted by atomic mass is 9.70. The van der Waals surface area contributed by atoms with Gasteiger partial charge in [-0.15, -0.1) is 0 Å². The lowest BCUT2D eigenvalue weighted by Crippen LogP contribution is -2.41. The normalized spacial score (nSPS) is 26.1. The lowest BCUT2D eigenvalue weighted by Gasteiger charge is -2.32. The second-order valence-electron chi connectivity index (χ2n) is 7.14. The van der Waals surface area contributed by atoms with Crippen molar-refractivity contribution in [3.63, 3.8) is 0 Å². The van der Waals surface area contributed by atoms with E-state index in [0.29, 0.717) is 0 Å². The van der Waals surface area contributed by atoms with Crippen LogP contribution in [0.3, 0.4) is 0 Å². The van der Waals surface area contributed by atoms with Crippen LogP contribution in [0.4, 0.5) is 0 Å². The van der Waals surface area contributed by atoms with Crippen LogP contribution in [0.5, 0.6) is 0 Å². The van der Waals surface area contributed by atoms with E-state index >= 15 is 0 Å². The van der Waals surface area contributed by atoms with E-state index in [9.17, 15) is 0 Å². The molecule has 0 spiro atoms. The van der Waals surface area contributed by atoms with E-state index in [-0.39, 0.29) is 24.1 Å². The summed E-state index contributed by atoms with van der Waals surface area (Å²) in [5, 5.41) is 0. The summed E-state index contributed by atoms with van der Waals surface area (Å²) in [6.07, 6.45) is 5.19. The molecule has 1 unspecified atom stereocenters. The first-order valence-corrected chi connectivity index (χ1v) is 7.98. The number of rotatable bonds is 3. The van der Waals surface area contributed by atoms with Crippen LogP contribution in [0.2, 0.25) is 5.82 Å². The molecule has 1 saturated heterocycles. The standard InChI is InChI=1S/C18H24BNO2/c1-17(2)18(3,4)22-19(21-17)15-10-11-16(20-13-15)12-14-8-6-5-7-9-14/h5-11,15H,12-13H2,1-4H3. The summed E-state index contributed by atoms with van der Waals surface area (Å²) in [5.41, 5.74) is 1.86. The fourth-order valence-electron chi connectivity index (χ4n) is 2.73. The molecular weight excluding hydrogens is 273 g/mol. The molecule has 3 nitrogen and oxygen atoms in total. The molecule has 0 aliphatic carbocycles. The van der Waals surface area contributed by atoms with Gasteiger partial charge < -0.3 is 9.31 Å². The lowest BCUT2D eigenvalue weighted by molar-refractivity contribution is 0.00578. The van der Waals surface area contributed by atoms with Gasteiger partial charge in [-0.05, 0) is 39.3 Å². The van der Waals surface area contributed by atoms with Gasteiger partial charge >= 0.3 is 7.12 Å². The molecular formula is C18H24BNO2. The smallest absolute Gasteiger partial charge is 0.403 e. The van der Waals surface area contributed by atoms with E-state index in [1.807, 2.05) is 6.07 Å². The number of aliphatic imine (C=N–C) groups is 1. The van der Waals surface area contributed by atoms with Crippen LogP contribution in [0.1, 0.15) is 33.3 Å². The average molecular weight is 297 g/mol. The van der Waals surface area contributed by atoms with Crippen molar-refractivity contribution >= 4 is 12.8 Å². The highest BCUT2D eigenvalue weighted by Gasteiger charge is 2.53. The molecule has 0 saturated carbocycles. The van der Waals surface area contributed by atoms with Crippen molar-refractivity contribution < 1.29 is 9.31 Å². The van der Waals surface area contributed by atoms with Crippen molar-refractivity contribution in [1.29, 1.82) is 0 Å². The fraction of sp³-hybridized carbons (Fsp3) is 0.500. The van der Waals surface area contributed by atoms with E-state index in [4.69, 9.17) is 14.3 Å². The summed E-state index contributed by atoms with van der Waals surface area (Å²) in [6.45, 7) is 9.08. The van der Waals surface area contributed by atoms with Crippen LogP contribution >= 0.6 is 0 Å². The molecule has 0 amide bonds. The Kier molecular flexibility index (Phi) is 4.00. The fourth-order valence-corrected chi connectivity index (χ4v) is 2.73. The van der Waals surface area contributed by atoms with E-state index in [1.165, 1.54) is 5.56 Å². The quantitative estimate of drug-likeness (QED) is 0.796. The highest BCUT2D eigenvalue weighted by molar-refractivity contribution is 6.48. The second-order valence-corrected chi connectivity index (χ2v) is 7.14. The third-order valence-electron chi connectivity index (χ3n) is 4.89. The van der Waals surface area contributed by atoms with Gasteiger partial charge in [0.15, 0.2) is 0 Å². The molecule has 1 atom stereocenters. The molecule has 2 aliphatic heterocycles. The SMILES string of the molecule is CC1(C)OB(C2C=CC(Cc3ccccc3)=NC2)OC1(C)C. The van der Waals surface area contributed by atoms with Crippen molar-refractivity contribution in [1.82, 2.24) is 0 Å². The van der Waals surface area contributed by atoms with Gasteiger partial charge in [-0.25, -0.2) is 0 Å². The minimum atomic E-state index is -0.278. The Bertz CT molecular complexity index is 576. The first kappa shape index (κ1) is 15.5. The predicted molar refractivity (Wildman–Crippen MR) is 91.4 cm³/mol. The van der Waals surface area contributed by atoms with Gasteiger partial charge in [0, 0.05) is 24.5 Å². The summed E-state index contributed by atoms with van der Waals surface area (Å²) < 4.78 is 12.2. The molecule has 0 radical (unpaired) electrons. The third kappa shape index (κ3) is 3.04. The minimum absolute atomic E-state index is 0.195. The van der Waals surface area contributed by atoms with Crippen LogP contribution < -0.4 is 0 Å². The van der Waals surface area contributed by atoms with E-state index < -0.39 is 0 Å². The zero-order chi connectivity index (χ0) is 15.8. The van der Waals surface area contributed by atoms with E-state index in [1.54, 1.807) is 0 Å². The Labute approximate surface area is 133 Å². The maximum absolute atomic E-state index is 6.11. The van der Waals surface area contributed by atoms with Gasteiger partial charge in [0.05, 0.1) is 11.2 Å². The molecule has 1 fully saturated rings. The van der Waals surface area contributed by atoms with Crippen molar-refractivity contribution in [2.24, 2.45) is 4.99 Å². The Hall–Kier alpha value is -1.39. The molecule has 0 bridgehead atoms. The van der Waals surface area contributed by atoms with Crippen molar-refractivity contribution in [3.8, 4) is 0 Å². The highest BCUT2D eigenvalue weighted by atomic mass is 16.7. The predicted octanol–water partition coefficient (Wildman–Crippen LogP) is 3.70. The van der Waals surface area contributed by atoms with Gasteiger partial charge in [0.25, 0.3) is 0 Å². The molecule has 2 aliphatic rings. The van der Waals surface area contributed by atoms with Gasteiger partial charge in [-0.2, -0.15) is 0 Å². The van der Waals surface area contributed by atoms with Crippen LogP contribution in [-0.4, -0.2) is 30.6 Å². The van der Waals surface area contributed by atoms with E-state index in [0.717, 1.165) is 18.7 Å². The highest BCUT2D eigenvalue weighted by Crippen LogP contribution is 2.40. The van der Waals surface area contributed by atoms with Crippen molar-refractivity contribution in [3.05, 3.63) is 48.0 Å². The maximum atomic E-state index is 6.11. The Balaban J connectivity index is 1.62. The first-order valence-electron chi connectivity index (χ1n) is 7.98. The molecule has 0 N–H and O–H groups in total. The number of benzene rings is 1. The zero-order valence-corrected chi connectivity index (χ0v) is 13.9. The molecule has 0 aromatic heterocycles. The van der Waals surface area contributed by atoms with Crippen LogP contribution in [0, 0.1) is 0 Å². The largest absolute Gasteiger partial charge is 0.467 e. The summed E-state index contributed by atoms with van der Waals surface area (Å²) in [4.78, 5) is 4.72. The molecule has 1 aromatic carbocycles. The topological polar surface area (TPSA) is 30.8 Å². The Morgan fingerprint density at radius 3 is 2.27 bits per heavy atom. The number of hydrogen-bond acceptors (Lipinski definition) is 3. The maximum Gasteiger partial charge on any atom is 0.467 e. The molecule has 2 heterocycles. The number of dihydropyridines is 1. The van der Waals surface area contributed by atoms with Gasteiger partial charge in [0.2, 0.25) is 0 Å². The molecule has 22 heavy (non-hydrogen) atoms. The Morgan fingerprint density at radius 2 is 1.73 bits per heavy atom. The van der Waals surface area contributed by atoms with Gasteiger partial charge in [0.1, 0.15) is 0 Å². The summed E-state index contributed by atoms with van der Waals surface area (Å²) in [5.74, 6) is 0.195. The van der Waals surface area contributed by atoms with Crippen molar-refractivity contribution in [2.75, 3.05) is 6.54 Å². The number of allylic oxidation sites excluding steroid dienone is 1. The number of nitrogens with zero attached hydrogens (tertiary/aromatic N) is 1. The Morgan fingerprint density at radius 1 is 1.09 bits per heavy atom.